The summed E-state index contributed by atoms with van der Waals surface area (Å²) in [7, 11) is 1.37. The van der Waals surface area contributed by atoms with E-state index in [0.29, 0.717) is 17.9 Å². The first-order valence-electron chi connectivity index (χ1n) is 7.83. The van der Waals surface area contributed by atoms with Gasteiger partial charge in [0.15, 0.2) is 0 Å². The molecule has 4 aromatic rings. The fraction of sp³-hybridized carbons (Fsp3) is 0.100. The number of carbonyl (C=O) groups is 1. The molecule has 0 N–H and O–H groups in total. The number of benzene rings is 3. The lowest BCUT2D eigenvalue weighted by Crippen LogP contribution is -2.06. The van der Waals surface area contributed by atoms with Crippen LogP contribution in [0.1, 0.15) is 15.4 Å². The molecule has 0 bridgehead atoms. The number of hydrogen-bond acceptors (Lipinski definition) is 5. The third kappa shape index (κ3) is 3.06. The fourth-order valence-corrected chi connectivity index (χ4v) is 3.61. The topological polar surface area (TPSA) is 48.4 Å². The molecule has 0 aliphatic heterocycles. The number of fused-ring (bicyclic) bond motifs is 2. The van der Waals surface area contributed by atoms with Crippen molar-refractivity contribution < 1.29 is 14.3 Å². The number of para-hydroxylation sites is 1. The van der Waals surface area contributed by atoms with Crippen LogP contribution >= 0.6 is 11.3 Å². The molecular formula is C20H15NO3S. The van der Waals surface area contributed by atoms with Crippen molar-refractivity contribution in [2.45, 2.75) is 6.61 Å². The van der Waals surface area contributed by atoms with Gasteiger partial charge < -0.3 is 9.47 Å². The number of nitrogens with zero attached hydrogens (tertiary/aromatic N) is 1. The first kappa shape index (κ1) is 15.6. The second-order valence-corrected chi connectivity index (χ2v) is 6.67. The van der Waals surface area contributed by atoms with Crippen molar-refractivity contribution in [3.05, 3.63) is 71.2 Å². The van der Waals surface area contributed by atoms with Crippen molar-refractivity contribution >= 4 is 38.3 Å². The zero-order valence-electron chi connectivity index (χ0n) is 13.6. The average Bonchev–Trinajstić information content (AvgIpc) is 3.08. The van der Waals surface area contributed by atoms with Crippen molar-refractivity contribution in [1.29, 1.82) is 0 Å². The standard InChI is InChI=1S/C20H15NO3S/c1-23-20(22)15-10-13-6-2-3-7-14(13)11-17(15)24-12-19-21-16-8-4-5-9-18(16)25-19/h2-11H,12H2,1H3. The largest absolute Gasteiger partial charge is 0.485 e. The Balaban J connectivity index is 1.68. The Kier molecular flexibility index (Phi) is 4.07. The number of ether oxygens (including phenoxy) is 2. The van der Waals surface area contributed by atoms with Crippen LogP contribution in [-0.4, -0.2) is 18.1 Å². The first-order valence-corrected chi connectivity index (χ1v) is 8.64. The van der Waals surface area contributed by atoms with E-state index in [0.717, 1.165) is 26.0 Å². The van der Waals surface area contributed by atoms with E-state index in [1.54, 1.807) is 17.4 Å². The van der Waals surface area contributed by atoms with E-state index in [1.165, 1.54) is 7.11 Å². The normalized spacial score (nSPS) is 10.9. The molecule has 25 heavy (non-hydrogen) atoms. The zero-order valence-corrected chi connectivity index (χ0v) is 14.4. The summed E-state index contributed by atoms with van der Waals surface area (Å²) < 4.78 is 11.9. The van der Waals surface area contributed by atoms with Gasteiger partial charge in [-0.15, -0.1) is 11.3 Å². The predicted octanol–water partition coefficient (Wildman–Crippen LogP) is 4.82. The molecule has 0 aliphatic rings. The molecule has 0 spiro atoms. The van der Waals surface area contributed by atoms with Gasteiger partial charge in [0, 0.05) is 0 Å². The Hall–Kier alpha value is -2.92. The van der Waals surface area contributed by atoms with Gasteiger partial charge in [0.05, 0.1) is 17.3 Å². The van der Waals surface area contributed by atoms with E-state index in [4.69, 9.17) is 9.47 Å². The van der Waals surface area contributed by atoms with Crippen LogP contribution in [0.25, 0.3) is 21.0 Å². The van der Waals surface area contributed by atoms with E-state index in [-0.39, 0.29) is 0 Å². The van der Waals surface area contributed by atoms with Crippen molar-refractivity contribution in [3.8, 4) is 5.75 Å². The summed E-state index contributed by atoms with van der Waals surface area (Å²) in [5.74, 6) is 0.0925. The molecule has 4 nitrogen and oxygen atoms in total. The lowest BCUT2D eigenvalue weighted by Gasteiger charge is -2.11. The SMILES string of the molecule is COC(=O)c1cc2ccccc2cc1OCc1nc2ccccc2s1. The van der Waals surface area contributed by atoms with Crippen LogP contribution in [0.5, 0.6) is 5.75 Å². The lowest BCUT2D eigenvalue weighted by molar-refractivity contribution is 0.0596. The highest BCUT2D eigenvalue weighted by Gasteiger charge is 2.15. The summed E-state index contributed by atoms with van der Waals surface area (Å²) in [5, 5.41) is 2.84. The minimum atomic E-state index is -0.412. The highest BCUT2D eigenvalue weighted by Crippen LogP contribution is 2.29. The third-order valence-corrected chi connectivity index (χ3v) is 4.95. The van der Waals surface area contributed by atoms with Crippen LogP contribution in [0.4, 0.5) is 0 Å². The number of hydrogen-bond donors (Lipinski definition) is 0. The van der Waals surface area contributed by atoms with E-state index in [2.05, 4.69) is 4.98 Å². The van der Waals surface area contributed by atoms with Gasteiger partial charge >= 0.3 is 5.97 Å². The zero-order chi connectivity index (χ0) is 17.2. The molecule has 124 valence electrons. The molecule has 3 aromatic carbocycles. The Morgan fingerprint density at radius 2 is 1.76 bits per heavy atom. The maximum atomic E-state index is 12.1. The Morgan fingerprint density at radius 3 is 2.52 bits per heavy atom. The number of esters is 1. The Morgan fingerprint density at radius 1 is 1.04 bits per heavy atom. The van der Waals surface area contributed by atoms with Gasteiger partial charge in [-0.25, -0.2) is 9.78 Å². The van der Waals surface area contributed by atoms with Crippen molar-refractivity contribution in [2.24, 2.45) is 0 Å². The number of thiazole rings is 1. The summed E-state index contributed by atoms with van der Waals surface area (Å²) >= 11 is 1.59. The van der Waals surface area contributed by atoms with Crippen molar-refractivity contribution in [2.75, 3.05) is 7.11 Å². The molecule has 0 atom stereocenters. The predicted molar refractivity (Wildman–Crippen MR) is 99.2 cm³/mol. The summed E-state index contributed by atoms with van der Waals surface area (Å²) in [6.07, 6.45) is 0. The highest BCUT2D eigenvalue weighted by molar-refractivity contribution is 7.18. The Bertz CT molecular complexity index is 1040. The fourth-order valence-electron chi connectivity index (χ4n) is 2.73. The summed E-state index contributed by atoms with van der Waals surface area (Å²) in [4.78, 5) is 16.7. The molecule has 1 aromatic heterocycles. The molecule has 5 heteroatoms. The van der Waals surface area contributed by atoms with E-state index < -0.39 is 5.97 Å². The summed E-state index contributed by atoms with van der Waals surface area (Å²) in [6, 6.07) is 19.5. The minimum absolute atomic E-state index is 0.307. The average molecular weight is 349 g/mol. The molecule has 0 aliphatic carbocycles. The van der Waals surface area contributed by atoms with Gasteiger partial charge in [-0.1, -0.05) is 36.4 Å². The molecular weight excluding hydrogens is 334 g/mol. The molecule has 0 unspecified atom stereocenters. The van der Waals surface area contributed by atoms with Gasteiger partial charge in [0.1, 0.15) is 22.9 Å². The van der Waals surface area contributed by atoms with E-state index in [1.807, 2.05) is 54.6 Å². The molecule has 0 amide bonds. The van der Waals surface area contributed by atoms with Crippen molar-refractivity contribution in [1.82, 2.24) is 4.98 Å². The number of methoxy groups -OCH3 is 1. The number of aromatic nitrogens is 1. The van der Waals surface area contributed by atoms with Gasteiger partial charge in [-0.3, -0.25) is 0 Å². The number of rotatable bonds is 4. The quantitative estimate of drug-likeness (QED) is 0.496. The van der Waals surface area contributed by atoms with Crippen LogP contribution in [0.2, 0.25) is 0 Å². The Labute approximate surface area is 148 Å². The van der Waals surface area contributed by atoms with Gasteiger partial charge in [0.2, 0.25) is 0 Å². The molecule has 0 saturated carbocycles. The van der Waals surface area contributed by atoms with Crippen LogP contribution < -0.4 is 4.74 Å². The van der Waals surface area contributed by atoms with Crippen molar-refractivity contribution in [3.63, 3.8) is 0 Å². The van der Waals surface area contributed by atoms with Crippen LogP contribution in [0, 0.1) is 0 Å². The number of carbonyl (C=O) groups excluding carboxylic acids is 1. The minimum Gasteiger partial charge on any atom is -0.485 e. The maximum absolute atomic E-state index is 12.1. The molecule has 0 fully saturated rings. The molecule has 1 heterocycles. The second-order valence-electron chi connectivity index (χ2n) is 5.55. The molecule has 4 rings (SSSR count). The highest BCUT2D eigenvalue weighted by atomic mass is 32.1. The van der Waals surface area contributed by atoms with Gasteiger partial charge in [-0.05, 0) is 35.0 Å². The monoisotopic (exact) mass is 349 g/mol. The van der Waals surface area contributed by atoms with Gasteiger partial charge in [0.25, 0.3) is 0 Å². The molecule has 0 radical (unpaired) electrons. The second kappa shape index (κ2) is 6.53. The van der Waals surface area contributed by atoms with E-state index in [9.17, 15) is 4.79 Å². The maximum Gasteiger partial charge on any atom is 0.341 e. The lowest BCUT2D eigenvalue weighted by atomic mass is 10.1. The summed E-state index contributed by atoms with van der Waals surface area (Å²) in [5.41, 5.74) is 1.38. The van der Waals surface area contributed by atoms with Crippen LogP contribution in [0.3, 0.4) is 0 Å². The summed E-state index contributed by atoms with van der Waals surface area (Å²) in [6.45, 7) is 0.307. The molecule has 0 saturated heterocycles. The third-order valence-electron chi connectivity index (χ3n) is 3.94. The van der Waals surface area contributed by atoms with E-state index >= 15 is 0 Å². The van der Waals surface area contributed by atoms with Gasteiger partial charge in [-0.2, -0.15) is 0 Å². The first-order chi connectivity index (χ1) is 12.2. The smallest absolute Gasteiger partial charge is 0.341 e. The van der Waals surface area contributed by atoms with Crippen LogP contribution in [-0.2, 0) is 11.3 Å². The van der Waals surface area contributed by atoms with Crippen LogP contribution in [0.15, 0.2) is 60.7 Å².